The first kappa shape index (κ1) is 12.7. The monoisotopic (exact) mass is 262 g/mol. The molecule has 94 valence electrons. The Balaban J connectivity index is 2.23. The SMILES string of the molecule is CCCSc1ccn(-c2cccc(C(=O)O)c2)n1. The zero-order valence-corrected chi connectivity index (χ0v) is 10.9. The van der Waals surface area contributed by atoms with Crippen LogP contribution in [-0.4, -0.2) is 26.6 Å². The van der Waals surface area contributed by atoms with Gasteiger partial charge in [0, 0.05) is 6.20 Å². The Kier molecular flexibility index (Phi) is 4.04. The lowest BCUT2D eigenvalue weighted by molar-refractivity contribution is 0.0697. The standard InChI is InChI=1S/C13H14N2O2S/c1-2-8-18-12-6-7-15(14-12)11-5-3-4-10(9-11)13(16)17/h3-7,9H,2,8H2,1H3,(H,16,17). The van der Waals surface area contributed by atoms with Crippen LogP contribution >= 0.6 is 11.8 Å². The Morgan fingerprint density at radius 1 is 1.44 bits per heavy atom. The van der Waals surface area contributed by atoms with Crippen LogP contribution in [0.2, 0.25) is 0 Å². The summed E-state index contributed by atoms with van der Waals surface area (Å²) in [5, 5.41) is 14.3. The molecule has 2 aromatic rings. The number of thioether (sulfide) groups is 1. The first-order valence-corrected chi connectivity index (χ1v) is 6.71. The third-order valence-electron chi connectivity index (χ3n) is 2.38. The fraction of sp³-hybridized carbons (Fsp3) is 0.231. The van der Waals surface area contributed by atoms with Crippen LogP contribution in [0, 0.1) is 0 Å². The summed E-state index contributed by atoms with van der Waals surface area (Å²) in [5.74, 6) is 0.108. The summed E-state index contributed by atoms with van der Waals surface area (Å²) in [4.78, 5) is 10.9. The number of hydrogen-bond acceptors (Lipinski definition) is 3. The highest BCUT2D eigenvalue weighted by Gasteiger charge is 2.06. The van der Waals surface area contributed by atoms with Crippen LogP contribution in [0.1, 0.15) is 23.7 Å². The van der Waals surface area contributed by atoms with Gasteiger partial charge in [-0.3, -0.25) is 0 Å². The van der Waals surface area contributed by atoms with Gasteiger partial charge in [-0.2, -0.15) is 5.10 Å². The molecule has 1 heterocycles. The molecule has 18 heavy (non-hydrogen) atoms. The van der Waals surface area contributed by atoms with Crippen LogP contribution in [0.5, 0.6) is 0 Å². The predicted octanol–water partition coefficient (Wildman–Crippen LogP) is 3.07. The second-order valence-electron chi connectivity index (χ2n) is 3.80. The van der Waals surface area contributed by atoms with Gasteiger partial charge in [0.05, 0.1) is 11.3 Å². The van der Waals surface area contributed by atoms with Gasteiger partial charge >= 0.3 is 5.97 Å². The van der Waals surface area contributed by atoms with Crippen molar-refractivity contribution in [3.8, 4) is 5.69 Å². The molecule has 0 aliphatic rings. The van der Waals surface area contributed by atoms with Gasteiger partial charge in [0.1, 0.15) is 5.03 Å². The zero-order valence-electron chi connectivity index (χ0n) is 10.0. The Hall–Kier alpha value is -1.75. The van der Waals surface area contributed by atoms with Gasteiger partial charge in [0.15, 0.2) is 0 Å². The summed E-state index contributed by atoms with van der Waals surface area (Å²) in [6, 6.07) is 8.69. The fourth-order valence-corrected chi connectivity index (χ4v) is 2.23. The van der Waals surface area contributed by atoms with E-state index in [1.807, 2.05) is 18.3 Å². The number of benzene rings is 1. The van der Waals surface area contributed by atoms with Gasteiger partial charge < -0.3 is 5.11 Å². The average molecular weight is 262 g/mol. The van der Waals surface area contributed by atoms with Gasteiger partial charge in [0.2, 0.25) is 0 Å². The lowest BCUT2D eigenvalue weighted by Gasteiger charge is -2.02. The van der Waals surface area contributed by atoms with Crippen LogP contribution in [0.4, 0.5) is 0 Å². The highest BCUT2D eigenvalue weighted by atomic mass is 32.2. The van der Waals surface area contributed by atoms with E-state index in [4.69, 9.17) is 5.11 Å². The molecule has 0 saturated heterocycles. The minimum Gasteiger partial charge on any atom is -0.478 e. The first-order chi connectivity index (χ1) is 8.70. The normalized spacial score (nSPS) is 10.5. The smallest absolute Gasteiger partial charge is 0.335 e. The fourth-order valence-electron chi connectivity index (χ4n) is 1.52. The second-order valence-corrected chi connectivity index (χ2v) is 4.92. The topological polar surface area (TPSA) is 55.1 Å². The Morgan fingerprint density at radius 3 is 3.00 bits per heavy atom. The lowest BCUT2D eigenvalue weighted by Crippen LogP contribution is -2.00. The van der Waals surface area contributed by atoms with Crippen LogP contribution in [0.15, 0.2) is 41.6 Å². The quantitative estimate of drug-likeness (QED) is 0.841. The van der Waals surface area contributed by atoms with Crippen molar-refractivity contribution in [2.75, 3.05) is 5.75 Å². The van der Waals surface area contributed by atoms with E-state index in [1.54, 1.807) is 34.6 Å². The van der Waals surface area contributed by atoms with E-state index in [0.717, 1.165) is 22.9 Å². The number of aromatic carboxylic acids is 1. The van der Waals surface area contributed by atoms with E-state index < -0.39 is 5.97 Å². The largest absolute Gasteiger partial charge is 0.478 e. The number of carboxylic acid groups (broad SMARTS) is 1. The average Bonchev–Trinajstić information content (AvgIpc) is 2.85. The van der Waals surface area contributed by atoms with Crippen molar-refractivity contribution in [3.05, 3.63) is 42.1 Å². The van der Waals surface area contributed by atoms with Crippen LogP contribution in [0.25, 0.3) is 5.69 Å². The molecule has 1 aromatic carbocycles. The molecule has 0 aliphatic heterocycles. The molecule has 0 radical (unpaired) electrons. The summed E-state index contributed by atoms with van der Waals surface area (Å²) >= 11 is 1.70. The van der Waals surface area contributed by atoms with E-state index in [0.29, 0.717) is 0 Å². The Labute approximate surface area is 110 Å². The molecule has 4 nitrogen and oxygen atoms in total. The van der Waals surface area contributed by atoms with Gasteiger partial charge in [-0.15, -0.1) is 11.8 Å². The van der Waals surface area contributed by atoms with Gasteiger partial charge in [-0.1, -0.05) is 13.0 Å². The van der Waals surface area contributed by atoms with Crippen molar-refractivity contribution in [1.82, 2.24) is 9.78 Å². The third-order valence-corrected chi connectivity index (χ3v) is 3.50. The summed E-state index contributed by atoms with van der Waals surface area (Å²) in [6.07, 6.45) is 2.95. The molecule has 0 aliphatic carbocycles. The highest BCUT2D eigenvalue weighted by Crippen LogP contribution is 2.18. The number of carbonyl (C=O) groups is 1. The minimum atomic E-state index is -0.926. The number of rotatable bonds is 5. The van der Waals surface area contributed by atoms with Crippen LogP contribution < -0.4 is 0 Å². The molecule has 1 N–H and O–H groups in total. The lowest BCUT2D eigenvalue weighted by atomic mass is 10.2. The first-order valence-electron chi connectivity index (χ1n) is 5.73. The van der Waals surface area contributed by atoms with Crippen molar-refractivity contribution >= 4 is 17.7 Å². The van der Waals surface area contributed by atoms with Crippen molar-refractivity contribution in [3.63, 3.8) is 0 Å². The second kappa shape index (κ2) is 5.73. The van der Waals surface area contributed by atoms with Gasteiger partial charge in [-0.05, 0) is 36.4 Å². The number of aromatic nitrogens is 2. The molecule has 0 spiro atoms. The summed E-state index contributed by atoms with van der Waals surface area (Å²) < 4.78 is 1.70. The van der Waals surface area contributed by atoms with Gasteiger partial charge in [0.25, 0.3) is 0 Å². The molecule has 0 fully saturated rings. The highest BCUT2D eigenvalue weighted by molar-refractivity contribution is 7.99. The molecule has 0 bridgehead atoms. The predicted molar refractivity (Wildman–Crippen MR) is 71.5 cm³/mol. The van der Waals surface area contributed by atoms with Crippen molar-refractivity contribution in [2.24, 2.45) is 0 Å². The molecule has 0 unspecified atom stereocenters. The molecule has 0 atom stereocenters. The van der Waals surface area contributed by atoms with Crippen molar-refractivity contribution in [2.45, 2.75) is 18.4 Å². The van der Waals surface area contributed by atoms with E-state index in [1.165, 1.54) is 0 Å². The molecular formula is C13H14N2O2S. The zero-order chi connectivity index (χ0) is 13.0. The maximum Gasteiger partial charge on any atom is 0.335 e. The molecule has 0 amide bonds. The molecular weight excluding hydrogens is 248 g/mol. The molecule has 5 heteroatoms. The molecule has 1 aromatic heterocycles. The number of carboxylic acids is 1. The number of nitrogens with zero attached hydrogens (tertiary/aromatic N) is 2. The van der Waals surface area contributed by atoms with E-state index in [2.05, 4.69) is 12.0 Å². The van der Waals surface area contributed by atoms with Gasteiger partial charge in [-0.25, -0.2) is 9.48 Å². The molecule has 2 rings (SSSR count). The van der Waals surface area contributed by atoms with E-state index in [9.17, 15) is 4.79 Å². The van der Waals surface area contributed by atoms with Crippen molar-refractivity contribution in [1.29, 1.82) is 0 Å². The maximum atomic E-state index is 10.9. The summed E-state index contributed by atoms with van der Waals surface area (Å²) in [5.41, 5.74) is 1.03. The maximum absolute atomic E-state index is 10.9. The van der Waals surface area contributed by atoms with Crippen LogP contribution in [0.3, 0.4) is 0 Å². The molecule has 0 saturated carbocycles. The van der Waals surface area contributed by atoms with E-state index >= 15 is 0 Å². The van der Waals surface area contributed by atoms with Crippen LogP contribution in [-0.2, 0) is 0 Å². The number of hydrogen-bond donors (Lipinski definition) is 1. The third kappa shape index (κ3) is 2.92. The Bertz CT molecular complexity index is 551. The summed E-state index contributed by atoms with van der Waals surface area (Å²) in [6.45, 7) is 2.13. The summed E-state index contributed by atoms with van der Waals surface area (Å²) in [7, 11) is 0. The van der Waals surface area contributed by atoms with E-state index in [-0.39, 0.29) is 5.56 Å². The Morgan fingerprint density at radius 2 is 2.28 bits per heavy atom. The minimum absolute atomic E-state index is 0.269. The van der Waals surface area contributed by atoms with Crippen molar-refractivity contribution < 1.29 is 9.90 Å².